The molecule has 0 spiro atoms. The van der Waals surface area contributed by atoms with Crippen LogP contribution in [0.15, 0.2) is 36.5 Å². The molecule has 0 saturated carbocycles. The van der Waals surface area contributed by atoms with Crippen LogP contribution in [-0.4, -0.2) is 21.2 Å². The molecule has 6 heteroatoms. The zero-order valence-corrected chi connectivity index (χ0v) is 9.91. The fourth-order valence-electron chi connectivity index (χ4n) is 1.52. The maximum absolute atomic E-state index is 10.9. The van der Waals surface area contributed by atoms with Gasteiger partial charge in [-0.05, 0) is 17.7 Å². The van der Waals surface area contributed by atoms with Gasteiger partial charge in [0, 0.05) is 6.07 Å². The second kappa shape index (κ2) is 5.36. The largest absolute Gasteiger partial charge is 0.478 e. The number of aliphatic hydroxyl groups is 1. The van der Waals surface area contributed by atoms with Gasteiger partial charge in [-0.15, -0.1) is 0 Å². The average molecular weight is 260 g/mol. The number of hydrogen-bond acceptors (Lipinski definition) is 5. The van der Waals surface area contributed by atoms with Crippen molar-refractivity contribution >= 4 is 11.7 Å². The molecular weight excluding hydrogens is 248 g/mol. The third kappa shape index (κ3) is 2.99. The molecule has 1 aromatic carbocycles. The van der Waals surface area contributed by atoms with Crippen molar-refractivity contribution in [3.05, 3.63) is 47.7 Å². The fraction of sp³-hybridized carbons (Fsp3) is 0.0769. The highest BCUT2D eigenvalue weighted by Gasteiger charge is 2.10. The highest BCUT2D eigenvalue weighted by molar-refractivity contribution is 5.93. The van der Waals surface area contributed by atoms with Crippen LogP contribution in [0.3, 0.4) is 0 Å². The van der Waals surface area contributed by atoms with Crippen molar-refractivity contribution in [2.75, 3.05) is 5.73 Å². The smallest absolute Gasteiger partial charge is 0.338 e. The third-order valence-electron chi connectivity index (χ3n) is 2.44. The number of anilines is 1. The van der Waals surface area contributed by atoms with E-state index in [1.165, 1.54) is 12.3 Å². The molecule has 19 heavy (non-hydrogen) atoms. The number of carboxylic acids is 1. The van der Waals surface area contributed by atoms with Crippen LogP contribution in [0.2, 0.25) is 0 Å². The molecule has 0 fully saturated rings. The van der Waals surface area contributed by atoms with Gasteiger partial charge in [-0.1, -0.05) is 12.1 Å². The first kappa shape index (κ1) is 12.8. The Morgan fingerprint density at radius 3 is 2.84 bits per heavy atom. The van der Waals surface area contributed by atoms with E-state index in [1.807, 2.05) is 0 Å². The summed E-state index contributed by atoms with van der Waals surface area (Å²) < 4.78 is 5.43. The van der Waals surface area contributed by atoms with Crippen LogP contribution in [0.1, 0.15) is 15.9 Å². The lowest BCUT2D eigenvalue weighted by Gasteiger charge is -2.07. The highest BCUT2D eigenvalue weighted by Crippen LogP contribution is 2.23. The number of nitrogens with two attached hydrogens (primary N) is 1. The van der Waals surface area contributed by atoms with Gasteiger partial charge in [0.15, 0.2) is 0 Å². The maximum Gasteiger partial charge on any atom is 0.338 e. The quantitative estimate of drug-likeness (QED) is 0.771. The summed E-state index contributed by atoms with van der Waals surface area (Å²) in [4.78, 5) is 14.8. The Morgan fingerprint density at radius 1 is 1.37 bits per heavy atom. The average Bonchev–Trinajstić information content (AvgIpc) is 2.41. The van der Waals surface area contributed by atoms with Crippen LogP contribution in [-0.2, 0) is 6.61 Å². The van der Waals surface area contributed by atoms with Gasteiger partial charge in [-0.3, -0.25) is 0 Å². The SMILES string of the molecule is Nc1cnc(Oc2cccc(CO)c2)cc1C(=O)O. The third-order valence-corrected chi connectivity index (χ3v) is 2.44. The van der Waals surface area contributed by atoms with E-state index < -0.39 is 5.97 Å². The van der Waals surface area contributed by atoms with Gasteiger partial charge in [0.2, 0.25) is 5.88 Å². The van der Waals surface area contributed by atoms with E-state index in [1.54, 1.807) is 24.3 Å². The summed E-state index contributed by atoms with van der Waals surface area (Å²) in [6, 6.07) is 8.03. The number of nitrogens with zero attached hydrogens (tertiary/aromatic N) is 1. The molecule has 0 saturated heterocycles. The Bertz CT molecular complexity index is 613. The molecule has 0 bridgehead atoms. The van der Waals surface area contributed by atoms with Gasteiger partial charge in [0.05, 0.1) is 24.1 Å². The number of carbonyl (C=O) groups is 1. The summed E-state index contributed by atoms with van der Waals surface area (Å²) in [5.74, 6) is -0.560. The fourth-order valence-corrected chi connectivity index (χ4v) is 1.52. The molecule has 0 atom stereocenters. The van der Waals surface area contributed by atoms with Gasteiger partial charge in [-0.2, -0.15) is 0 Å². The van der Waals surface area contributed by atoms with Crippen LogP contribution in [0.25, 0.3) is 0 Å². The van der Waals surface area contributed by atoms with Crippen molar-refractivity contribution in [3.8, 4) is 11.6 Å². The lowest BCUT2D eigenvalue weighted by molar-refractivity contribution is 0.0697. The zero-order valence-electron chi connectivity index (χ0n) is 9.91. The molecule has 98 valence electrons. The Labute approximate surface area is 109 Å². The molecule has 1 aromatic heterocycles. The summed E-state index contributed by atoms with van der Waals surface area (Å²) in [6.45, 7) is -0.104. The topological polar surface area (TPSA) is 106 Å². The van der Waals surface area contributed by atoms with Crippen molar-refractivity contribution < 1.29 is 19.7 Å². The number of rotatable bonds is 4. The monoisotopic (exact) mass is 260 g/mol. The molecule has 2 rings (SSSR count). The molecule has 0 aliphatic rings. The van der Waals surface area contributed by atoms with Gasteiger partial charge < -0.3 is 20.7 Å². The van der Waals surface area contributed by atoms with Gasteiger partial charge in [0.1, 0.15) is 5.75 Å². The summed E-state index contributed by atoms with van der Waals surface area (Å²) >= 11 is 0. The van der Waals surface area contributed by atoms with E-state index in [-0.39, 0.29) is 23.7 Å². The number of pyridine rings is 1. The van der Waals surface area contributed by atoms with Crippen LogP contribution < -0.4 is 10.5 Å². The molecule has 6 nitrogen and oxygen atoms in total. The molecule has 4 N–H and O–H groups in total. The van der Waals surface area contributed by atoms with E-state index in [0.29, 0.717) is 11.3 Å². The predicted octanol–water partition coefficient (Wildman–Crippen LogP) is 1.65. The van der Waals surface area contributed by atoms with Crippen molar-refractivity contribution in [1.29, 1.82) is 0 Å². The first-order valence-electron chi connectivity index (χ1n) is 5.46. The van der Waals surface area contributed by atoms with Gasteiger partial charge in [0.25, 0.3) is 0 Å². The summed E-state index contributed by atoms with van der Waals surface area (Å²) in [7, 11) is 0. The summed E-state index contributed by atoms with van der Waals surface area (Å²) in [5, 5.41) is 18.0. The lowest BCUT2D eigenvalue weighted by atomic mass is 10.2. The Balaban J connectivity index is 2.28. The van der Waals surface area contributed by atoms with E-state index in [9.17, 15) is 4.79 Å². The normalized spacial score (nSPS) is 10.2. The number of aromatic nitrogens is 1. The van der Waals surface area contributed by atoms with Crippen LogP contribution in [0.5, 0.6) is 11.6 Å². The number of aromatic carboxylic acids is 1. The Hall–Kier alpha value is -2.60. The summed E-state index contributed by atoms with van der Waals surface area (Å²) in [5.41, 5.74) is 6.19. The molecule has 0 amide bonds. The summed E-state index contributed by atoms with van der Waals surface area (Å²) in [6.07, 6.45) is 1.23. The Kier molecular flexibility index (Phi) is 3.63. The molecular formula is C13H12N2O4. The molecule has 0 aliphatic heterocycles. The van der Waals surface area contributed by atoms with Crippen LogP contribution >= 0.6 is 0 Å². The van der Waals surface area contributed by atoms with Crippen molar-refractivity contribution in [2.45, 2.75) is 6.61 Å². The minimum atomic E-state index is -1.14. The van der Waals surface area contributed by atoms with Crippen LogP contribution in [0.4, 0.5) is 5.69 Å². The zero-order chi connectivity index (χ0) is 13.8. The van der Waals surface area contributed by atoms with E-state index in [0.717, 1.165) is 0 Å². The van der Waals surface area contributed by atoms with E-state index >= 15 is 0 Å². The minimum Gasteiger partial charge on any atom is -0.478 e. The molecule has 0 radical (unpaired) electrons. The van der Waals surface area contributed by atoms with Crippen LogP contribution in [0, 0.1) is 0 Å². The van der Waals surface area contributed by atoms with Crippen molar-refractivity contribution in [3.63, 3.8) is 0 Å². The number of hydrogen-bond donors (Lipinski definition) is 3. The highest BCUT2D eigenvalue weighted by atomic mass is 16.5. The predicted molar refractivity (Wildman–Crippen MR) is 68.0 cm³/mol. The standard InChI is InChI=1S/C13H12N2O4/c14-11-6-15-12(5-10(11)13(17)18)19-9-3-1-2-8(4-9)7-16/h1-6,16H,7,14H2,(H,17,18). The van der Waals surface area contributed by atoms with Crippen molar-refractivity contribution in [1.82, 2.24) is 4.98 Å². The maximum atomic E-state index is 10.9. The molecule has 0 aliphatic carbocycles. The van der Waals surface area contributed by atoms with Crippen molar-refractivity contribution in [2.24, 2.45) is 0 Å². The lowest BCUT2D eigenvalue weighted by Crippen LogP contribution is -2.03. The van der Waals surface area contributed by atoms with E-state index in [2.05, 4.69) is 4.98 Å². The number of ether oxygens (including phenoxy) is 1. The Morgan fingerprint density at radius 2 is 2.16 bits per heavy atom. The first-order chi connectivity index (χ1) is 9.10. The number of carboxylic acid groups (broad SMARTS) is 1. The number of nitrogen functional groups attached to an aromatic ring is 1. The molecule has 2 aromatic rings. The molecule has 0 unspecified atom stereocenters. The second-order valence-corrected chi connectivity index (χ2v) is 3.82. The number of aliphatic hydroxyl groups excluding tert-OH is 1. The van der Waals surface area contributed by atoms with Gasteiger partial charge in [-0.25, -0.2) is 9.78 Å². The van der Waals surface area contributed by atoms with Gasteiger partial charge >= 0.3 is 5.97 Å². The first-order valence-corrected chi connectivity index (χ1v) is 5.46. The minimum absolute atomic E-state index is 0.0664. The molecule has 1 heterocycles. The second-order valence-electron chi connectivity index (χ2n) is 3.82. The number of benzene rings is 1. The van der Waals surface area contributed by atoms with E-state index in [4.69, 9.17) is 20.7 Å².